The highest BCUT2D eigenvalue weighted by molar-refractivity contribution is 7.10. The van der Waals surface area contributed by atoms with Gasteiger partial charge in [-0.3, -0.25) is 0 Å². The third kappa shape index (κ3) is 2.74. The van der Waals surface area contributed by atoms with Crippen LogP contribution in [0.1, 0.15) is 16.9 Å². The van der Waals surface area contributed by atoms with Crippen molar-refractivity contribution in [3.8, 4) is 0 Å². The minimum atomic E-state index is 1.10. The molecule has 2 heterocycles. The first-order valence-electron chi connectivity index (χ1n) is 7.32. The fourth-order valence-electron chi connectivity index (χ4n) is 2.91. The minimum absolute atomic E-state index is 1.10. The van der Waals surface area contributed by atoms with E-state index in [0.717, 1.165) is 19.5 Å². The monoisotopic (exact) mass is 286 g/mol. The molecule has 3 heteroatoms. The zero-order valence-electron chi connectivity index (χ0n) is 12.3. The molecule has 2 aromatic rings. The van der Waals surface area contributed by atoms with E-state index < -0.39 is 0 Å². The highest BCUT2D eigenvalue weighted by atomic mass is 32.1. The zero-order valence-corrected chi connectivity index (χ0v) is 13.1. The van der Waals surface area contributed by atoms with Crippen LogP contribution in [0.3, 0.4) is 0 Å². The number of anilines is 2. The van der Waals surface area contributed by atoms with E-state index in [2.05, 4.69) is 59.6 Å². The number of aryl methyl sites for hydroxylation is 2. The smallest absolute Gasteiger partial charge is 0.0552 e. The first-order valence-corrected chi connectivity index (χ1v) is 8.20. The van der Waals surface area contributed by atoms with Crippen LogP contribution in [0.5, 0.6) is 0 Å². The Kier molecular flexibility index (Phi) is 4.08. The summed E-state index contributed by atoms with van der Waals surface area (Å²) in [5.41, 5.74) is 4.32. The van der Waals surface area contributed by atoms with Gasteiger partial charge >= 0.3 is 0 Å². The summed E-state index contributed by atoms with van der Waals surface area (Å²) in [5.74, 6) is 0. The molecular weight excluding hydrogens is 264 g/mol. The molecule has 1 aliphatic rings. The molecule has 0 bridgehead atoms. The van der Waals surface area contributed by atoms with Crippen molar-refractivity contribution >= 4 is 22.7 Å². The van der Waals surface area contributed by atoms with E-state index in [1.165, 1.54) is 34.7 Å². The Morgan fingerprint density at radius 1 is 1.10 bits per heavy atom. The van der Waals surface area contributed by atoms with Crippen LogP contribution < -0.4 is 4.90 Å². The maximum atomic E-state index is 2.53. The third-order valence-electron chi connectivity index (χ3n) is 3.90. The summed E-state index contributed by atoms with van der Waals surface area (Å²) in [6.45, 7) is 2.23. The molecule has 0 saturated heterocycles. The predicted octanol–water partition coefficient (Wildman–Crippen LogP) is 3.94. The van der Waals surface area contributed by atoms with Gasteiger partial charge in [-0.15, -0.1) is 11.3 Å². The van der Waals surface area contributed by atoms with Gasteiger partial charge in [0.25, 0.3) is 0 Å². The molecule has 1 aliphatic heterocycles. The molecule has 1 aromatic heterocycles. The summed E-state index contributed by atoms with van der Waals surface area (Å²) in [6.07, 6.45) is 3.53. The third-order valence-corrected chi connectivity index (χ3v) is 4.87. The van der Waals surface area contributed by atoms with Crippen LogP contribution in [0.25, 0.3) is 0 Å². The molecule has 0 fully saturated rings. The van der Waals surface area contributed by atoms with E-state index in [9.17, 15) is 0 Å². The number of hydrogen-bond donors (Lipinski definition) is 0. The number of nitrogens with zero attached hydrogens (tertiary/aromatic N) is 2. The fraction of sp³-hybridized carbons (Fsp3) is 0.412. The van der Waals surface area contributed by atoms with Gasteiger partial charge in [0, 0.05) is 17.1 Å². The average molecular weight is 286 g/mol. The number of fused-ring (bicyclic) bond motifs is 2. The Morgan fingerprint density at radius 3 is 2.80 bits per heavy atom. The van der Waals surface area contributed by atoms with Crippen LogP contribution in [0.15, 0.2) is 35.7 Å². The summed E-state index contributed by atoms with van der Waals surface area (Å²) in [6, 6.07) is 11.2. The lowest BCUT2D eigenvalue weighted by Crippen LogP contribution is -2.23. The lowest BCUT2D eigenvalue weighted by atomic mass is 10.1. The molecule has 0 saturated carbocycles. The molecule has 3 rings (SSSR count). The first kappa shape index (κ1) is 13.7. The van der Waals surface area contributed by atoms with Crippen molar-refractivity contribution in [2.45, 2.75) is 19.3 Å². The first-order chi connectivity index (χ1) is 9.75. The van der Waals surface area contributed by atoms with Crippen molar-refractivity contribution in [2.24, 2.45) is 0 Å². The average Bonchev–Trinajstić information content (AvgIpc) is 2.84. The Hall–Kier alpha value is -1.32. The summed E-state index contributed by atoms with van der Waals surface area (Å²) in [7, 11) is 4.29. The van der Waals surface area contributed by atoms with Crippen LogP contribution in [0, 0.1) is 0 Å². The number of para-hydroxylation sites is 1. The molecule has 0 amide bonds. The van der Waals surface area contributed by atoms with Crippen LogP contribution in [-0.2, 0) is 12.8 Å². The molecular formula is C17H22N2S. The second kappa shape index (κ2) is 5.98. The largest absolute Gasteiger partial charge is 0.340 e. The standard InChI is InChI=1S/C17H22N2S/c1-18(2)11-5-12-19-15-7-4-3-6-14(15)8-9-17-16(19)10-13-20-17/h3-4,6-7,10,13H,5,8-9,11-12H2,1-2H3. The van der Waals surface area contributed by atoms with Gasteiger partial charge < -0.3 is 9.80 Å². The SMILES string of the molecule is CN(C)CCCN1c2ccccc2CCc2sccc21. The van der Waals surface area contributed by atoms with E-state index >= 15 is 0 Å². The normalized spacial score (nSPS) is 14.1. The van der Waals surface area contributed by atoms with E-state index in [1.54, 1.807) is 0 Å². The molecule has 0 radical (unpaired) electrons. The molecule has 0 spiro atoms. The highest BCUT2D eigenvalue weighted by Crippen LogP contribution is 2.38. The zero-order chi connectivity index (χ0) is 13.9. The Labute approximate surface area is 125 Å². The highest BCUT2D eigenvalue weighted by Gasteiger charge is 2.20. The minimum Gasteiger partial charge on any atom is -0.340 e. The Morgan fingerprint density at radius 2 is 1.95 bits per heavy atom. The van der Waals surface area contributed by atoms with Gasteiger partial charge in [-0.25, -0.2) is 0 Å². The molecule has 20 heavy (non-hydrogen) atoms. The summed E-state index contributed by atoms with van der Waals surface area (Å²) >= 11 is 1.90. The van der Waals surface area contributed by atoms with Gasteiger partial charge in [-0.2, -0.15) is 0 Å². The second-order valence-electron chi connectivity index (χ2n) is 5.67. The Balaban J connectivity index is 1.90. The van der Waals surface area contributed by atoms with Crippen molar-refractivity contribution in [1.29, 1.82) is 0 Å². The molecule has 0 N–H and O–H groups in total. The molecule has 106 valence electrons. The van der Waals surface area contributed by atoms with Crippen molar-refractivity contribution < 1.29 is 0 Å². The molecule has 2 nitrogen and oxygen atoms in total. The van der Waals surface area contributed by atoms with Crippen molar-refractivity contribution in [1.82, 2.24) is 4.90 Å². The van der Waals surface area contributed by atoms with E-state index in [1.807, 2.05) is 11.3 Å². The number of benzene rings is 1. The lowest BCUT2D eigenvalue weighted by Gasteiger charge is -2.26. The lowest BCUT2D eigenvalue weighted by molar-refractivity contribution is 0.402. The Bertz CT molecular complexity index is 574. The van der Waals surface area contributed by atoms with E-state index in [0.29, 0.717) is 0 Å². The summed E-state index contributed by atoms with van der Waals surface area (Å²) in [5, 5.41) is 2.23. The maximum absolute atomic E-state index is 2.53. The van der Waals surface area contributed by atoms with Gasteiger partial charge in [0.1, 0.15) is 0 Å². The maximum Gasteiger partial charge on any atom is 0.0552 e. The van der Waals surface area contributed by atoms with E-state index in [4.69, 9.17) is 0 Å². The fourth-order valence-corrected chi connectivity index (χ4v) is 3.79. The summed E-state index contributed by atoms with van der Waals surface area (Å²) < 4.78 is 0. The second-order valence-corrected chi connectivity index (χ2v) is 6.67. The van der Waals surface area contributed by atoms with Gasteiger partial charge in [0.2, 0.25) is 0 Å². The van der Waals surface area contributed by atoms with Crippen LogP contribution in [-0.4, -0.2) is 32.1 Å². The molecule has 1 aromatic carbocycles. The van der Waals surface area contributed by atoms with Gasteiger partial charge in [-0.1, -0.05) is 18.2 Å². The van der Waals surface area contributed by atoms with Crippen molar-refractivity contribution in [3.63, 3.8) is 0 Å². The van der Waals surface area contributed by atoms with Gasteiger partial charge in [-0.05, 0) is 63.0 Å². The van der Waals surface area contributed by atoms with Crippen LogP contribution >= 0.6 is 11.3 Å². The predicted molar refractivity (Wildman–Crippen MR) is 88.3 cm³/mol. The number of hydrogen-bond acceptors (Lipinski definition) is 3. The number of rotatable bonds is 4. The molecule has 0 atom stereocenters. The molecule has 0 unspecified atom stereocenters. The van der Waals surface area contributed by atoms with Gasteiger partial charge in [0.05, 0.1) is 5.69 Å². The van der Waals surface area contributed by atoms with Crippen LogP contribution in [0.4, 0.5) is 11.4 Å². The van der Waals surface area contributed by atoms with Crippen molar-refractivity contribution in [3.05, 3.63) is 46.2 Å². The van der Waals surface area contributed by atoms with Crippen molar-refractivity contribution in [2.75, 3.05) is 32.1 Å². The quantitative estimate of drug-likeness (QED) is 0.840. The topological polar surface area (TPSA) is 6.48 Å². The van der Waals surface area contributed by atoms with E-state index in [-0.39, 0.29) is 0 Å². The van der Waals surface area contributed by atoms with Crippen LogP contribution in [0.2, 0.25) is 0 Å². The number of thiophene rings is 1. The van der Waals surface area contributed by atoms with Gasteiger partial charge in [0.15, 0.2) is 0 Å². The summed E-state index contributed by atoms with van der Waals surface area (Å²) in [4.78, 5) is 6.32. The molecule has 0 aliphatic carbocycles.